The molecule has 9 heteroatoms. The smallest absolute Gasteiger partial charge is 0.319 e. The van der Waals surface area contributed by atoms with Crippen LogP contribution in [0, 0.1) is 5.82 Å². The monoisotopic (exact) mass is 507 g/mol. The van der Waals surface area contributed by atoms with Gasteiger partial charge in [-0.05, 0) is 65.7 Å². The molecule has 0 atom stereocenters. The van der Waals surface area contributed by atoms with E-state index in [0.717, 1.165) is 10.8 Å². The van der Waals surface area contributed by atoms with Crippen molar-refractivity contribution in [3.8, 4) is 5.75 Å². The molecule has 0 aliphatic rings. The normalized spacial score (nSPS) is 11.2. The van der Waals surface area contributed by atoms with Gasteiger partial charge in [-0.25, -0.2) is 17.6 Å². The Hall–Kier alpha value is -4.11. The first-order chi connectivity index (χ1) is 17.4. The minimum absolute atomic E-state index is 0.0836. The van der Waals surface area contributed by atoms with E-state index in [9.17, 15) is 17.6 Å². The van der Waals surface area contributed by atoms with Gasteiger partial charge >= 0.3 is 6.03 Å². The van der Waals surface area contributed by atoms with E-state index in [1.54, 1.807) is 42.5 Å². The number of sulfonamides is 1. The molecule has 2 N–H and O–H groups in total. The number of hydrogen-bond acceptors (Lipinski definition) is 4. The molecular weight excluding hydrogens is 481 g/mol. The van der Waals surface area contributed by atoms with Gasteiger partial charge in [-0.15, -0.1) is 0 Å². The molecule has 0 aliphatic heterocycles. The van der Waals surface area contributed by atoms with E-state index in [4.69, 9.17) is 4.74 Å². The molecule has 2 amide bonds. The fourth-order valence-electron chi connectivity index (χ4n) is 3.75. The molecule has 4 aromatic carbocycles. The summed E-state index contributed by atoms with van der Waals surface area (Å²) in [6.45, 7) is 0.307. The van der Waals surface area contributed by atoms with Gasteiger partial charge in [0.2, 0.25) is 0 Å². The maximum atomic E-state index is 13.6. The third-order valence-electron chi connectivity index (χ3n) is 5.57. The van der Waals surface area contributed by atoms with Crippen LogP contribution in [-0.2, 0) is 10.0 Å². The number of methoxy groups -OCH3 is 1. The van der Waals surface area contributed by atoms with Gasteiger partial charge in [0.25, 0.3) is 10.0 Å². The molecule has 36 heavy (non-hydrogen) atoms. The second kappa shape index (κ2) is 11.1. The lowest BCUT2D eigenvalue weighted by Gasteiger charge is -2.25. The lowest BCUT2D eigenvalue weighted by Crippen LogP contribution is -2.35. The first-order valence-electron chi connectivity index (χ1n) is 11.3. The number of halogens is 1. The van der Waals surface area contributed by atoms with Gasteiger partial charge in [0.15, 0.2) is 0 Å². The molecule has 0 saturated carbocycles. The minimum atomic E-state index is -3.95. The number of nitrogens with zero attached hydrogens (tertiary/aromatic N) is 1. The maximum Gasteiger partial charge on any atom is 0.319 e. The van der Waals surface area contributed by atoms with Crippen molar-refractivity contribution in [2.75, 3.05) is 29.8 Å². The van der Waals surface area contributed by atoms with Gasteiger partial charge < -0.3 is 15.4 Å². The number of urea groups is 1. The van der Waals surface area contributed by atoms with E-state index >= 15 is 0 Å². The average Bonchev–Trinajstić information content (AvgIpc) is 2.89. The topological polar surface area (TPSA) is 87.7 Å². The van der Waals surface area contributed by atoms with Crippen molar-refractivity contribution in [3.05, 3.63) is 96.8 Å². The van der Waals surface area contributed by atoms with Gasteiger partial charge in [-0.3, -0.25) is 4.31 Å². The summed E-state index contributed by atoms with van der Waals surface area (Å²) < 4.78 is 47.1. The number of fused-ring (bicyclic) bond motifs is 1. The number of benzene rings is 4. The Morgan fingerprint density at radius 1 is 0.917 bits per heavy atom. The summed E-state index contributed by atoms with van der Waals surface area (Å²) in [6.07, 6.45) is 0.329. The second-order valence-electron chi connectivity index (χ2n) is 8.03. The number of nitrogens with one attached hydrogen (secondary N) is 2. The maximum absolute atomic E-state index is 13.6. The Morgan fingerprint density at radius 2 is 1.67 bits per heavy atom. The average molecular weight is 508 g/mol. The third kappa shape index (κ3) is 5.92. The van der Waals surface area contributed by atoms with Crippen LogP contribution in [0.1, 0.15) is 6.42 Å². The number of anilines is 2. The number of carbonyl (C=O) groups excluding carboxylic acids is 1. The number of carbonyl (C=O) groups is 1. The summed E-state index contributed by atoms with van der Waals surface area (Å²) >= 11 is 0. The van der Waals surface area contributed by atoms with Crippen molar-refractivity contribution in [1.29, 1.82) is 0 Å². The van der Waals surface area contributed by atoms with Crippen molar-refractivity contribution < 1.29 is 22.3 Å². The molecule has 4 aromatic rings. The molecule has 0 aromatic heterocycles. The van der Waals surface area contributed by atoms with E-state index in [-0.39, 0.29) is 18.0 Å². The molecule has 0 unspecified atom stereocenters. The highest BCUT2D eigenvalue weighted by Crippen LogP contribution is 2.27. The first kappa shape index (κ1) is 25.0. The Labute approximate surface area is 209 Å². The predicted octanol–water partition coefficient (Wildman–Crippen LogP) is 5.39. The second-order valence-corrected chi connectivity index (χ2v) is 9.89. The zero-order valence-electron chi connectivity index (χ0n) is 19.6. The van der Waals surface area contributed by atoms with Crippen LogP contribution in [0.2, 0.25) is 0 Å². The van der Waals surface area contributed by atoms with Crippen LogP contribution in [0.4, 0.5) is 20.6 Å². The van der Waals surface area contributed by atoms with Crippen LogP contribution >= 0.6 is 0 Å². The van der Waals surface area contributed by atoms with Crippen molar-refractivity contribution in [2.45, 2.75) is 11.3 Å². The van der Waals surface area contributed by atoms with Crippen molar-refractivity contribution in [3.63, 3.8) is 0 Å². The molecule has 0 heterocycles. The summed E-state index contributed by atoms with van der Waals surface area (Å²) in [7, 11) is -2.41. The van der Waals surface area contributed by atoms with Crippen LogP contribution in [0.3, 0.4) is 0 Å². The summed E-state index contributed by atoms with van der Waals surface area (Å²) in [6, 6.07) is 24.3. The SMILES string of the molecule is COc1cccc(NC(=O)NCCCN(c2ccc(F)cc2)S(=O)(=O)c2ccc3ccccc3c2)c1. The van der Waals surface area contributed by atoms with E-state index in [1.165, 1.54) is 35.7 Å². The summed E-state index contributed by atoms with van der Waals surface area (Å²) in [5, 5.41) is 7.17. The predicted molar refractivity (Wildman–Crippen MR) is 140 cm³/mol. The Bertz CT molecular complexity index is 1460. The number of rotatable bonds is 9. The van der Waals surface area contributed by atoms with Crippen LogP contribution in [-0.4, -0.2) is 34.6 Å². The van der Waals surface area contributed by atoms with Gasteiger partial charge in [0, 0.05) is 24.8 Å². The fraction of sp³-hybridized carbons (Fsp3) is 0.148. The van der Waals surface area contributed by atoms with E-state index in [0.29, 0.717) is 23.5 Å². The molecular formula is C27H26FN3O4S. The third-order valence-corrected chi connectivity index (χ3v) is 7.40. The molecule has 7 nitrogen and oxygen atoms in total. The molecule has 0 saturated heterocycles. The van der Waals surface area contributed by atoms with E-state index in [2.05, 4.69) is 10.6 Å². The summed E-state index contributed by atoms with van der Waals surface area (Å²) in [4.78, 5) is 12.4. The van der Waals surface area contributed by atoms with Crippen LogP contribution < -0.4 is 19.7 Å². The van der Waals surface area contributed by atoms with Crippen LogP contribution in [0.5, 0.6) is 5.75 Å². The molecule has 4 rings (SSSR count). The molecule has 0 bridgehead atoms. The molecule has 0 fully saturated rings. The van der Waals surface area contributed by atoms with Crippen molar-refractivity contribution in [1.82, 2.24) is 5.32 Å². The summed E-state index contributed by atoms with van der Waals surface area (Å²) in [5.74, 6) is 0.152. The molecule has 0 radical (unpaired) electrons. The minimum Gasteiger partial charge on any atom is -0.497 e. The molecule has 0 aliphatic carbocycles. The highest BCUT2D eigenvalue weighted by atomic mass is 32.2. The number of hydrogen-bond donors (Lipinski definition) is 2. The molecule has 0 spiro atoms. The van der Waals surface area contributed by atoms with Crippen molar-refractivity contribution >= 4 is 38.2 Å². The van der Waals surface area contributed by atoms with Crippen LogP contribution in [0.25, 0.3) is 10.8 Å². The highest BCUT2D eigenvalue weighted by Gasteiger charge is 2.25. The Balaban J connectivity index is 1.47. The van der Waals surface area contributed by atoms with E-state index in [1.807, 2.05) is 24.3 Å². The first-order valence-corrected chi connectivity index (χ1v) is 12.8. The Morgan fingerprint density at radius 3 is 2.42 bits per heavy atom. The highest BCUT2D eigenvalue weighted by molar-refractivity contribution is 7.92. The van der Waals surface area contributed by atoms with Crippen LogP contribution in [0.15, 0.2) is 95.9 Å². The number of ether oxygens (including phenoxy) is 1. The van der Waals surface area contributed by atoms with Gasteiger partial charge in [-0.2, -0.15) is 0 Å². The Kier molecular flexibility index (Phi) is 7.70. The molecule has 186 valence electrons. The lowest BCUT2D eigenvalue weighted by molar-refractivity contribution is 0.252. The van der Waals surface area contributed by atoms with Gasteiger partial charge in [-0.1, -0.05) is 36.4 Å². The summed E-state index contributed by atoms with van der Waals surface area (Å²) in [5.41, 5.74) is 0.907. The fourth-order valence-corrected chi connectivity index (χ4v) is 5.29. The largest absolute Gasteiger partial charge is 0.497 e. The standard InChI is InChI=1S/C27H26FN3O4S/c1-35-25-9-4-8-23(19-25)30-27(32)29-16-5-17-31(24-13-11-22(28)12-14-24)36(33,34)26-15-10-20-6-2-3-7-21(20)18-26/h2-4,6-15,18-19H,5,16-17H2,1H3,(H2,29,30,32). The van der Waals surface area contributed by atoms with Gasteiger partial charge in [0.1, 0.15) is 11.6 Å². The quantitative estimate of drug-likeness (QED) is 0.297. The van der Waals surface area contributed by atoms with Gasteiger partial charge in [0.05, 0.1) is 17.7 Å². The zero-order chi connectivity index (χ0) is 25.5. The lowest BCUT2D eigenvalue weighted by atomic mass is 10.1. The van der Waals surface area contributed by atoms with Crippen molar-refractivity contribution in [2.24, 2.45) is 0 Å². The number of amides is 2. The van der Waals surface area contributed by atoms with E-state index < -0.39 is 21.9 Å². The zero-order valence-corrected chi connectivity index (χ0v) is 20.5.